The summed E-state index contributed by atoms with van der Waals surface area (Å²) in [6.45, 7) is 9.01. The van der Waals surface area contributed by atoms with Crippen LogP contribution in [0.3, 0.4) is 0 Å². The maximum absolute atomic E-state index is 11.7. The summed E-state index contributed by atoms with van der Waals surface area (Å²) in [6.07, 6.45) is 6.04. The molecule has 0 heterocycles. The topological polar surface area (TPSA) is 98.0 Å². The summed E-state index contributed by atoms with van der Waals surface area (Å²) in [7, 11) is 0. The number of carboxylic acids is 1. The molecule has 12 atom stereocenters. The minimum atomic E-state index is -0.734. The van der Waals surface area contributed by atoms with Gasteiger partial charge in [-0.25, -0.2) is 0 Å². The average Bonchev–Trinajstić information content (AvgIpc) is 3.04. The van der Waals surface area contributed by atoms with Crippen LogP contribution in [0.25, 0.3) is 0 Å². The predicted molar refractivity (Wildman–Crippen MR) is 119 cm³/mol. The van der Waals surface area contributed by atoms with Crippen LogP contribution in [0.5, 0.6) is 0 Å². The van der Waals surface area contributed by atoms with Crippen LogP contribution in [0.15, 0.2) is 0 Å². The van der Waals surface area contributed by atoms with Crippen molar-refractivity contribution in [3.63, 3.8) is 0 Å². The lowest BCUT2D eigenvalue weighted by atomic mass is 9.40. The second kappa shape index (κ2) is 8.29. The Bertz CT molecular complexity index is 681. The van der Waals surface area contributed by atoms with Crippen LogP contribution >= 0.6 is 0 Å². The van der Waals surface area contributed by atoms with E-state index in [9.17, 15) is 20.1 Å². The number of hydrogen-bond acceptors (Lipinski definition) is 4. The first-order chi connectivity index (χ1) is 14.5. The van der Waals surface area contributed by atoms with Crippen LogP contribution in [-0.4, -0.2) is 44.7 Å². The van der Waals surface area contributed by atoms with Gasteiger partial charge in [-0.2, -0.15) is 0 Å². The summed E-state index contributed by atoms with van der Waals surface area (Å²) in [5.74, 6) is 1.00. The van der Waals surface area contributed by atoms with E-state index >= 15 is 0 Å². The first-order valence-corrected chi connectivity index (χ1v) is 12.8. The van der Waals surface area contributed by atoms with Crippen LogP contribution in [-0.2, 0) is 4.79 Å². The SMILES string of the molecule is CC[C@@H]1C2C[C@H](O)CC[C@]2(C)C2C(O)C[C@@]3(C)C(CCC3[C@H](C)CCC(=O)O)C2[C@@H]1O. The molecule has 0 bridgehead atoms. The zero-order valence-electron chi connectivity index (χ0n) is 19.8. The average molecular weight is 437 g/mol. The summed E-state index contributed by atoms with van der Waals surface area (Å²) in [5.41, 5.74) is -0.0767. The Labute approximate surface area is 187 Å². The number of aliphatic carboxylic acids is 1. The molecule has 4 aliphatic carbocycles. The van der Waals surface area contributed by atoms with Gasteiger partial charge in [0.1, 0.15) is 0 Å². The third kappa shape index (κ3) is 3.58. The molecule has 6 unspecified atom stereocenters. The predicted octanol–water partition coefficient (Wildman–Crippen LogP) is 4.08. The second-order valence-electron chi connectivity index (χ2n) is 12.2. The molecule has 4 N–H and O–H groups in total. The maximum Gasteiger partial charge on any atom is 0.303 e. The summed E-state index contributed by atoms with van der Waals surface area (Å²) in [5, 5.41) is 42.9. The second-order valence-corrected chi connectivity index (χ2v) is 12.2. The van der Waals surface area contributed by atoms with Gasteiger partial charge in [-0.1, -0.05) is 34.1 Å². The smallest absolute Gasteiger partial charge is 0.303 e. The normalized spacial score (nSPS) is 52.7. The van der Waals surface area contributed by atoms with E-state index in [1.807, 2.05) is 0 Å². The molecular formula is C26H44O5. The highest BCUT2D eigenvalue weighted by molar-refractivity contribution is 5.66. The molecule has 0 radical (unpaired) electrons. The number of fused-ring (bicyclic) bond motifs is 5. The van der Waals surface area contributed by atoms with E-state index in [0.29, 0.717) is 24.2 Å². The summed E-state index contributed by atoms with van der Waals surface area (Å²) in [4.78, 5) is 11.1. The van der Waals surface area contributed by atoms with Gasteiger partial charge in [-0.05, 0) is 97.2 Å². The Balaban J connectivity index is 1.66. The van der Waals surface area contributed by atoms with Crippen LogP contribution in [0.2, 0.25) is 0 Å². The van der Waals surface area contributed by atoms with E-state index in [4.69, 9.17) is 5.11 Å². The van der Waals surface area contributed by atoms with E-state index in [2.05, 4.69) is 27.7 Å². The van der Waals surface area contributed by atoms with Crippen molar-refractivity contribution in [2.75, 3.05) is 0 Å². The summed E-state index contributed by atoms with van der Waals surface area (Å²) >= 11 is 0. The minimum absolute atomic E-state index is 0.0302. The molecular weight excluding hydrogens is 392 g/mol. The molecule has 4 rings (SSSR count). The Kier molecular flexibility index (Phi) is 6.28. The third-order valence-electron chi connectivity index (χ3n) is 10.9. The van der Waals surface area contributed by atoms with Crippen molar-refractivity contribution in [1.82, 2.24) is 0 Å². The molecule has 0 aromatic carbocycles. The zero-order chi connectivity index (χ0) is 22.7. The van der Waals surface area contributed by atoms with E-state index in [1.54, 1.807) is 0 Å². The highest BCUT2D eigenvalue weighted by Crippen LogP contribution is 2.69. The van der Waals surface area contributed by atoms with Crippen molar-refractivity contribution in [3.8, 4) is 0 Å². The molecule has 5 nitrogen and oxygen atoms in total. The molecule has 178 valence electrons. The molecule has 0 saturated heterocycles. The number of hydrogen-bond donors (Lipinski definition) is 4. The molecule has 0 spiro atoms. The standard InChI is InChI=1S/C26H44O5/c1-5-16-19-12-15(27)10-11-25(19,3)23-20(28)13-26(4)17(14(2)6-9-21(29)30)7-8-18(26)22(23)24(16)31/h14-20,22-24,27-28,31H,5-13H2,1-4H3,(H,29,30)/t14-,15-,16-,17?,18?,19?,20?,22?,23?,24-,25+,26-/m1/s1. The van der Waals surface area contributed by atoms with E-state index in [-0.39, 0.29) is 47.0 Å². The fourth-order valence-electron chi connectivity index (χ4n) is 9.60. The molecule has 5 heteroatoms. The summed E-state index contributed by atoms with van der Waals surface area (Å²) in [6, 6.07) is 0. The quantitative estimate of drug-likeness (QED) is 0.520. The number of rotatable bonds is 5. The van der Waals surface area contributed by atoms with Gasteiger partial charge in [0, 0.05) is 6.42 Å². The zero-order valence-corrected chi connectivity index (χ0v) is 19.8. The molecule has 0 aromatic heterocycles. The van der Waals surface area contributed by atoms with Crippen LogP contribution in [0.1, 0.15) is 85.5 Å². The van der Waals surface area contributed by atoms with Crippen LogP contribution < -0.4 is 0 Å². The molecule has 0 amide bonds. The molecule has 31 heavy (non-hydrogen) atoms. The van der Waals surface area contributed by atoms with E-state index < -0.39 is 18.2 Å². The number of carboxylic acid groups (broad SMARTS) is 1. The van der Waals surface area contributed by atoms with Crippen molar-refractivity contribution >= 4 is 5.97 Å². The highest BCUT2D eigenvalue weighted by Gasteiger charge is 2.67. The fourth-order valence-corrected chi connectivity index (χ4v) is 9.60. The van der Waals surface area contributed by atoms with Crippen molar-refractivity contribution in [2.24, 2.45) is 52.3 Å². The van der Waals surface area contributed by atoms with Gasteiger partial charge in [0.05, 0.1) is 18.3 Å². The first-order valence-electron chi connectivity index (χ1n) is 12.8. The lowest BCUT2D eigenvalue weighted by molar-refractivity contribution is -0.235. The fraction of sp³-hybridized carbons (Fsp3) is 0.962. The number of aliphatic hydroxyl groups excluding tert-OH is 3. The van der Waals surface area contributed by atoms with Crippen molar-refractivity contribution in [3.05, 3.63) is 0 Å². The first kappa shape index (κ1) is 23.5. The number of aliphatic hydroxyl groups is 3. The Morgan fingerprint density at radius 3 is 2.42 bits per heavy atom. The van der Waals surface area contributed by atoms with Gasteiger partial charge in [-0.15, -0.1) is 0 Å². The Morgan fingerprint density at radius 1 is 1.06 bits per heavy atom. The molecule has 0 aromatic rings. The Morgan fingerprint density at radius 2 is 1.77 bits per heavy atom. The largest absolute Gasteiger partial charge is 0.481 e. The lowest BCUT2D eigenvalue weighted by Crippen LogP contribution is -2.65. The highest BCUT2D eigenvalue weighted by atomic mass is 16.4. The van der Waals surface area contributed by atoms with Gasteiger partial charge in [-0.3, -0.25) is 4.79 Å². The third-order valence-corrected chi connectivity index (χ3v) is 10.9. The van der Waals surface area contributed by atoms with Gasteiger partial charge in [0.25, 0.3) is 0 Å². The van der Waals surface area contributed by atoms with Crippen molar-refractivity contribution in [1.29, 1.82) is 0 Å². The van der Waals surface area contributed by atoms with Crippen LogP contribution in [0.4, 0.5) is 0 Å². The number of carbonyl (C=O) groups is 1. The van der Waals surface area contributed by atoms with Gasteiger partial charge in [0.15, 0.2) is 0 Å². The minimum Gasteiger partial charge on any atom is -0.481 e. The van der Waals surface area contributed by atoms with E-state index in [0.717, 1.165) is 44.9 Å². The maximum atomic E-state index is 11.7. The van der Waals surface area contributed by atoms with Gasteiger partial charge in [0.2, 0.25) is 0 Å². The van der Waals surface area contributed by atoms with Crippen LogP contribution in [0, 0.1) is 52.3 Å². The lowest BCUT2D eigenvalue weighted by Gasteiger charge is -2.66. The molecule has 4 saturated carbocycles. The Hall–Kier alpha value is -0.650. The van der Waals surface area contributed by atoms with Gasteiger partial charge >= 0.3 is 5.97 Å². The van der Waals surface area contributed by atoms with Crippen molar-refractivity contribution in [2.45, 2.75) is 104 Å². The molecule has 0 aliphatic heterocycles. The van der Waals surface area contributed by atoms with Gasteiger partial charge < -0.3 is 20.4 Å². The molecule has 4 aliphatic rings. The van der Waals surface area contributed by atoms with E-state index in [1.165, 1.54) is 0 Å². The monoisotopic (exact) mass is 436 g/mol. The summed E-state index contributed by atoms with van der Waals surface area (Å²) < 4.78 is 0. The molecule has 4 fully saturated rings. The van der Waals surface area contributed by atoms with Crippen molar-refractivity contribution < 1.29 is 25.2 Å².